The standard InChI is InChI=1S/C8H12FN3O/c1-13-5-8(12-10)6-2-7(9)4-11-3-6/h2-4,8,12H,5,10H2,1H3. The maximum Gasteiger partial charge on any atom is 0.141 e. The molecule has 1 aromatic rings. The van der Waals surface area contributed by atoms with E-state index in [-0.39, 0.29) is 11.9 Å². The third-order valence-electron chi connectivity index (χ3n) is 1.66. The molecule has 0 bridgehead atoms. The Kier molecular flexibility index (Phi) is 3.75. The van der Waals surface area contributed by atoms with Gasteiger partial charge in [0.15, 0.2) is 0 Å². The maximum atomic E-state index is 12.7. The highest BCUT2D eigenvalue weighted by molar-refractivity contribution is 5.14. The Hall–Kier alpha value is -1.04. The molecule has 0 fully saturated rings. The molecule has 5 heteroatoms. The van der Waals surface area contributed by atoms with Gasteiger partial charge in [-0.15, -0.1) is 0 Å². The van der Waals surface area contributed by atoms with Crippen molar-refractivity contribution in [1.29, 1.82) is 0 Å². The first-order valence-corrected chi connectivity index (χ1v) is 3.83. The molecule has 72 valence electrons. The summed E-state index contributed by atoms with van der Waals surface area (Å²) in [5, 5.41) is 0. The van der Waals surface area contributed by atoms with Crippen LogP contribution in [0.15, 0.2) is 18.5 Å². The Balaban J connectivity index is 2.78. The van der Waals surface area contributed by atoms with Gasteiger partial charge in [0.25, 0.3) is 0 Å². The van der Waals surface area contributed by atoms with E-state index in [2.05, 4.69) is 10.4 Å². The van der Waals surface area contributed by atoms with Crippen LogP contribution in [0.3, 0.4) is 0 Å². The number of hydrazine groups is 1. The van der Waals surface area contributed by atoms with Crippen molar-refractivity contribution >= 4 is 0 Å². The fourth-order valence-electron chi connectivity index (χ4n) is 1.03. The number of pyridine rings is 1. The zero-order valence-corrected chi connectivity index (χ0v) is 7.33. The van der Waals surface area contributed by atoms with Crippen molar-refractivity contribution in [2.24, 2.45) is 5.84 Å². The minimum atomic E-state index is -0.381. The number of methoxy groups -OCH3 is 1. The van der Waals surface area contributed by atoms with Crippen molar-refractivity contribution < 1.29 is 9.13 Å². The molecule has 0 saturated heterocycles. The molecule has 3 N–H and O–H groups in total. The molecule has 1 heterocycles. The van der Waals surface area contributed by atoms with Gasteiger partial charge in [0.2, 0.25) is 0 Å². The van der Waals surface area contributed by atoms with Crippen molar-refractivity contribution in [2.75, 3.05) is 13.7 Å². The van der Waals surface area contributed by atoms with Crippen LogP contribution in [-0.2, 0) is 4.74 Å². The van der Waals surface area contributed by atoms with E-state index < -0.39 is 0 Å². The van der Waals surface area contributed by atoms with Gasteiger partial charge in [-0.25, -0.2) is 4.39 Å². The van der Waals surface area contributed by atoms with Gasteiger partial charge in [-0.3, -0.25) is 16.3 Å². The molecule has 0 amide bonds. The number of hydrogen-bond donors (Lipinski definition) is 2. The average Bonchev–Trinajstić information content (AvgIpc) is 2.14. The van der Waals surface area contributed by atoms with Gasteiger partial charge in [0, 0.05) is 13.3 Å². The van der Waals surface area contributed by atoms with E-state index in [0.29, 0.717) is 12.2 Å². The molecule has 0 aliphatic rings. The molecule has 0 saturated carbocycles. The topological polar surface area (TPSA) is 60.2 Å². The van der Waals surface area contributed by atoms with Crippen LogP contribution in [0.2, 0.25) is 0 Å². The first-order valence-electron chi connectivity index (χ1n) is 3.83. The fraction of sp³-hybridized carbons (Fsp3) is 0.375. The van der Waals surface area contributed by atoms with Crippen LogP contribution in [0.25, 0.3) is 0 Å². The quantitative estimate of drug-likeness (QED) is 0.525. The van der Waals surface area contributed by atoms with Gasteiger partial charge >= 0.3 is 0 Å². The van der Waals surface area contributed by atoms with Gasteiger partial charge < -0.3 is 4.74 Å². The SMILES string of the molecule is COCC(NN)c1cncc(F)c1. The van der Waals surface area contributed by atoms with Crippen molar-refractivity contribution in [1.82, 2.24) is 10.4 Å². The first-order chi connectivity index (χ1) is 6.27. The Morgan fingerprint density at radius 1 is 1.69 bits per heavy atom. The number of nitrogens with zero attached hydrogens (tertiary/aromatic N) is 1. The molecular formula is C8H12FN3O. The summed E-state index contributed by atoms with van der Waals surface area (Å²) in [7, 11) is 1.55. The minimum absolute atomic E-state index is 0.229. The third-order valence-corrected chi connectivity index (χ3v) is 1.66. The van der Waals surface area contributed by atoms with Crippen LogP contribution >= 0.6 is 0 Å². The second-order valence-corrected chi connectivity index (χ2v) is 2.61. The number of nitrogens with one attached hydrogen (secondary N) is 1. The van der Waals surface area contributed by atoms with Gasteiger partial charge in [-0.1, -0.05) is 0 Å². The van der Waals surface area contributed by atoms with E-state index in [1.807, 2.05) is 0 Å². The van der Waals surface area contributed by atoms with Gasteiger partial charge in [0.1, 0.15) is 5.82 Å². The highest BCUT2D eigenvalue weighted by Gasteiger charge is 2.09. The van der Waals surface area contributed by atoms with Crippen LogP contribution in [0, 0.1) is 5.82 Å². The molecule has 0 spiro atoms. The van der Waals surface area contributed by atoms with Gasteiger partial charge in [0.05, 0.1) is 18.8 Å². The predicted molar refractivity (Wildman–Crippen MR) is 46.1 cm³/mol. The Labute approximate surface area is 75.9 Å². The lowest BCUT2D eigenvalue weighted by molar-refractivity contribution is 0.167. The molecule has 0 aliphatic carbocycles. The lowest BCUT2D eigenvalue weighted by atomic mass is 10.1. The summed E-state index contributed by atoms with van der Waals surface area (Å²) < 4.78 is 17.6. The monoisotopic (exact) mass is 185 g/mol. The molecule has 1 unspecified atom stereocenters. The molecule has 0 radical (unpaired) electrons. The van der Waals surface area contributed by atoms with Crippen LogP contribution < -0.4 is 11.3 Å². The molecule has 0 aliphatic heterocycles. The second kappa shape index (κ2) is 4.86. The van der Waals surface area contributed by atoms with E-state index in [1.165, 1.54) is 6.07 Å². The van der Waals surface area contributed by atoms with Crippen LogP contribution in [0.5, 0.6) is 0 Å². The lowest BCUT2D eigenvalue weighted by Gasteiger charge is -2.14. The van der Waals surface area contributed by atoms with E-state index in [4.69, 9.17) is 10.6 Å². The van der Waals surface area contributed by atoms with Gasteiger partial charge in [-0.2, -0.15) is 0 Å². The second-order valence-electron chi connectivity index (χ2n) is 2.61. The lowest BCUT2D eigenvalue weighted by Crippen LogP contribution is -2.31. The molecule has 1 atom stereocenters. The van der Waals surface area contributed by atoms with E-state index >= 15 is 0 Å². The Bertz CT molecular complexity index is 269. The van der Waals surface area contributed by atoms with Crippen LogP contribution in [-0.4, -0.2) is 18.7 Å². The van der Waals surface area contributed by atoms with E-state index in [1.54, 1.807) is 13.3 Å². The zero-order chi connectivity index (χ0) is 9.68. The Morgan fingerprint density at radius 2 is 2.46 bits per heavy atom. The smallest absolute Gasteiger partial charge is 0.141 e. The van der Waals surface area contributed by atoms with E-state index in [9.17, 15) is 4.39 Å². The first kappa shape index (κ1) is 10.0. The molecular weight excluding hydrogens is 173 g/mol. The summed E-state index contributed by atoms with van der Waals surface area (Å²) in [6.07, 6.45) is 2.69. The maximum absolute atomic E-state index is 12.7. The summed E-state index contributed by atoms with van der Waals surface area (Å²) in [6.45, 7) is 0.377. The van der Waals surface area contributed by atoms with Crippen LogP contribution in [0.1, 0.15) is 11.6 Å². The average molecular weight is 185 g/mol. The van der Waals surface area contributed by atoms with Crippen molar-refractivity contribution in [2.45, 2.75) is 6.04 Å². The number of aromatic nitrogens is 1. The molecule has 1 rings (SSSR count). The van der Waals surface area contributed by atoms with Gasteiger partial charge in [-0.05, 0) is 11.6 Å². The van der Waals surface area contributed by atoms with Crippen LogP contribution in [0.4, 0.5) is 4.39 Å². The molecule has 13 heavy (non-hydrogen) atoms. The number of ether oxygens (including phenoxy) is 1. The number of rotatable bonds is 4. The molecule has 1 aromatic heterocycles. The highest BCUT2D eigenvalue weighted by Crippen LogP contribution is 2.11. The summed E-state index contributed by atoms with van der Waals surface area (Å²) in [6, 6.07) is 1.14. The summed E-state index contributed by atoms with van der Waals surface area (Å²) in [4.78, 5) is 3.71. The number of nitrogens with two attached hydrogens (primary N) is 1. The minimum Gasteiger partial charge on any atom is -0.383 e. The third kappa shape index (κ3) is 2.73. The number of halogens is 1. The van der Waals surface area contributed by atoms with Crippen molar-refractivity contribution in [3.05, 3.63) is 29.8 Å². The Morgan fingerprint density at radius 3 is 3.00 bits per heavy atom. The number of hydrogen-bond acceptors (Lipinski definition) is 4. The molecule has 0 aromatic carbocycles. The largest absolute Gasteiger partial charge is 0.383 e. The predicted octanol–water partition coefficient (Wildman–Crippen LogP) is 0.372. The van der Waals surface area contributed by atoms with Crippen molar-refractivity contribution in [3.8, 4) is 0 Å². The summed E-state index contributed by atoms with van der Waals surface area (Å²) in [5.74, 6) is 4.88. The van der Waals surface area contributed by atoms with Crippen molar-refractivity contribution in [3.63, 3.8) is 0 Å². The normalized spacial score (nSPS) is 12.8. The van der Waals surface area contributed by atoms with E-state index in [0.717, 1.165) is 6.20 Å². The molecule has 4 nitrogen and oxygen atoms in total. The summed E-state index contributed by atoms with van der Waals surface area (Å²) in [5.41, 5.74) is 3.19. The fourth-order valence-corrected chi connectivity index (χ4v) is 1.03. The zero-order valence-electron chi connectivity index (χ0n) is 7.33. The summed E-state index contributed by atoms with van der Waals surface area (Å²) >= 11 is 0. The highest BCUT2D eigenvalue weighted by atomic mass is 19.1.